The van der Waals surface area contributed by atoms with Crippen LogP contribution < -0.4 is 5.32 Å². The van der Waals surface area contributed by atoms with Gasteiger partial charge in [0.25, 0.3) is 5.91 Å². The van der Waals surface area contributed by atoms with E-state index in [9.17, 15) is 9.59 Å². The van der Waals surface area contributed by atoms with Gasteiger partial charge in [-0.15, -0.1) is 0 Å². The Kier molecular flexibility index (Phi) is 3.83. The molecule has 1 aromatic heterocycles. The van der Waals surface area contributed by atoms with E-state index in [0.29, 0.717) is 6.54 Å². The quantitative estimate of drug-likeness (QED) is 0.727. The second kappa shape index (κ2) is 6.37. The minimum Gasteiger partial charge on any atom is -0.353 e. The first-order valence-corrected chi connectivity index (χ1v) is 9.58. The number of amides is 2. The van der Waals surface area contributed by atoms with Gasteiger partial charge in [0, 0.05) is 30.3 Å². The fourth-order valence-electron chi connectivity index (χ4n) is 4.48. The van der Waals surface area contributed by atoms with Crippen molar-refractivity contribution >= 4 is 28.4 Å². The molecule has 3 heterocycles. The first-order chi connectivity index (χ1) is 13.6. The Morgan fingerprint density at radius 2 is 1.86 bits per heavy atom. The van der Waals surface area contributed by atoms with Crippen molar-refractivity contribution in [1.29, 1.82) is 0 Å². The zero-order valence-electron chi connectivity index (χ0n) is 15.6. The standard InChI is InChI=1S/C23H21N3O2/c1-14(27)24-22-18(15-7-3-2-4-8-15)13-20-21-17(11-12-26(20)23(22)28)16-9-5-6-10-19(16)25-21/h2-10,13,18,22,25H,11-12H2,1H3,(H,24,27)/t18-,22+/m1/s1. The number of nitrogens with one attached hydrogen (secondary N) is 2. The summed E-state index contributed by atoms with van der Waals surface area (Å²) < 4.78 is 0. The van der Waals surface area contributed by atoms with E-state index in [1.165, 1.54) is 17.9 Å². The van der Waals surface area contributed by atoms with E-state index in [2.05, 4.69) is 28.5 Å². The van der Waals surface area contributed by atoms with Crippen LogP contribution in [-0.2, 0) is 16.0 Å². The van der Waals surface area contributed by atoms with E-state index in [4.69, 9.17) is 0 Å². The third kappa shape index (κ3) is 2.54. The molecule has 5 rings (SSSR count). The van der Waals surface area contributed by atoms with Crippen molar-refractivity contribution in [2.75, 3.05) is 6.54 Å². The lowest BCUT2D eigenvalue weighted by Gasteiger charge is -2.40. The molecule has 0 spiro atoms. The topological polar surface area (TPSA) is 65.2 Å². The number of hydrogen-bond acceptors (Lipinski definition) is 2. The zero-order valence-corrected chi connectivity index (χ0v) is 15.6. The molecule has 28 heavy (non-hydrogen) atoms. The molecule has 2 aliphatic rings. The van der Waals surface area contributed by atoms with Crippen LogP contribution in [0.3, 0.4) is 0 Å². The number of fused-ring (bicyclic) bond motifs is 5. The summed E-state index contributed by atoms with van der Waals surface area (Å²) in [7, 11) is 0. The molecule has 140 valence electrons. The third-order valence-electron chi connectivity index (χ3n) is 5.72. The number of para-hydroxylation sites is 1. The van der Waals surface area contributed by atoms with E-state index in [0.717, 1.165) is 28.9 Å². The SMILES string of the molecule is CC(=O)N[C@@H]1C(=O)N2CCc3c([nH]c4ccccc34)C2=C[C@@H]1c1ccccc1. The van der Waals surface area contributed by atoms with Crippen molar-refractivity contribution in [2.45, 2.75) is 25.3 Å². The molecule has 0 saturated carbocycles. The lowest BCUT2D eigenvalue weighted by atomic mass is 9.84. The minimum absolute atomic E-state index is 0.0501. The summed E-state index contributed by atoms with van der Waals surface area (Å²) in [5.41, 5.74) is 5.30. The number of nitrogens with zero attached hydrogens (tertiary/aromatic N) is 1. The van der Waals surface area contributed by atoms with Gasteiger partial charge in [-0.2, -0.15) is 0 Å². The summed E-state index contributed by atoms with van der Waals surface area (Å²) in [4.78, 5) is 30.5. The second-order valence-electron chi connectivity index (χ2n) is 7.43. The number of aromatic nitrogens is 1. The van der Waals surface area contributed by atoms with Crippen molar-refractivity contribution in [3.8, 4) is 0 Å². The summed E-state index contributed by atoms with van der Waals surface area (Å²) in [6, 6.07) is 17.6. The van der Waals surface area contributed by atoms with Crippen molar-refractivity contribution in [3.63, 3.8) is 0 Å². The fraction of sp³-hybridized carbons (Fsp3) is 0.217. The molecule has 2 N–H and O–H groups in total. The number of carbonyl (C=O) groups is 2. The molecule has 0 radical (unpaired) electrons. The molecule has 0 fully saturated rings. The van der Waals surface area contributed by atoms with Crippen LogP contribution in [0.25, 0.3) is 16.6 Å². The van der Waals surface area contributed by atoms with E-state index in [-0.39, 0.29) is 17.7 Å². The molecule has 2 atom stereocenters. The van der Waals surface area contributed by atoms with Gasteiger partial charge in [-0.3, -0.25) is 9.59 Å². The van der Waals surface area contributed by atoms with Crippen LogP contribution in [0.2, 0.25) is 0 Å². The fourth-order valence-corrected chi connectivity index (χ4v) is 4.48. The van der Waals surface area contributed by atoms with Crippen LogP contribution in [-0.4, -0.2) is 34.3 Å². The highest BCUT2D eigenvalue weighted by atomic mass is 16.2. The van der Waals surface area contributed by atoms with Gasteiger partial charge in [0.1, 0.15) is 6.04 Å². The number of carbonyl (C=O) groups excluding carboxylic acids is 2. The van der Waals surface area contributed by atoms with Crippen molar-refractivity contribution in [3.05, 3.63) is 77.5 Å². The minimum atomic E-state index is -0.588. The summed E-state index contributed by atoms with van der Waals surface area (Å²) in [6.45, 7) is 2.08. The molecule has 3 aromatic rings. The monoisotopic (exact) mass is 371 g/mol. The predicted molar refractivity (Wildman–Crippen MR) is 108 cm³/mol. The Hall–Kier alpha value is -3.34. The molecule has 0 bridgehead atoms. The van der Waals surface area contributed by atoms with Crippen LogP contribution in [0.5, 0.6) is 0 Å². The maximum Gasteiger partial charge on any atom is 0.250 e. The lowest BCUT2D eigenvalue weighted by molar-refractivity contribution is -0.134. The maximum atomic E-state index is 13.4. The molecule has 0 aliphatic carbocycles. The van der Waals surface area contributed by atoms with Crippen LogP contribution in [0.1, 0.15) is 29.7 Å². The lowest BCUT2D eigenvalue weighted by Crippen LogP contribution is -2.54. The molecule has 5 nitrogen and oxygen atoms in total. The van der Waals surface area contributed by atoms with Gasteiger partial charge in [-0.1, -0.05) is 48.5 Å². The van der Waals surface area contributed by atoms with Gasteiger partial charge in [0.2, 0.25) is 5.91 Å². The van der Waals surface area contributed by atoms with Gasteiger partial charge in [-0.25, -0.2) is 0 Å². The normalized spacial score (nSPS) is 21.1. The molecule has 5 heteroatoms. The third-order valence-corrected chi connectivity index (χ3v) is 5.72. The molecule has 0 unspecified atom stereocenters. The molecule has 0 saturated heterocycles. The van der Waals surface area contributed by atoms with Crippen molar-refractivity contribution < 1.29 is 9.59 Å². The Bertz CT molecular complexity index is 1110. The summed E-state index contributed by atoms with van der Waals surface area (Å²) in [5.74, 6) is -0.452. The van der Waals surface area contributed by atoms with Gasteiger partial charge in [-0.05, 0) is 29.7 Å². The average Bonchev–Trinajstić information content (AvgIpc) is 3.09. The van der Waals surface area contributed by atoms with E-state index in [1.54, 1.807) is 0 Å². The highest BCUT2D eigenvalue weighted by molar-refractivity contribution is 5.99. The van der Waals surface area contributed by atoms with Crippen molar-refractivity contribution in [1.82, 2.24) is 15.2 Å². The molecule has 2 amide bonds. The molecule has 2 aliphatic heterocycles. The smallest absolute Gasteiger partial charge is 0.250 e. The Labute approximate surface area is 163 Å². The first-order valence-electron chi connectivity index (χ1n) is 9.58. The maximum absolute atomic E-state index is 13.4. The van der Waals surface area contributed by atoms with Gasteiger partial charge in [0.15, 0.2) is 0 Å². The Balaban J connectivity index is 1.69. The van der Waals surface area contributed by atoms with Gasteiger partial charge < -0.3 is 15.2 Å². The zero-order chi connectivity index (χ0) is 19.3. The van der Waals surface area contributed by atoms with Crippen LogP contribution in [0, 0.1) is 0 Å². The second-order valence-corrected chi connectivity index (χ2v) is 7.43. The number of benzene rings is 2. The van der Waals surface area contributed by atoms with E-state index < -0.39 is 6.04 Å². The van der Waals surface area contributed by atoms with E-state index in [1.807, 2.05) is 47.4 Å². The Morgan fingerprint density at radius 3 is 2.64 bits per heavy atom. The highest BCUT2D eigenvalue weighted by Crippen LogP contribution is 2.40. The number of H-pyrrole nitrogens is 1. The van der Waals surface area contributed by atoms with Crippen LogP contribution in [0.15, 0.2) is 60.7 Å². The van der Waals surface area contributed by atoms with Crippen LogP contribution >= 0.6 is 0 Å². The highest BCUT2D eigenvalue weighted by Gasteiger charge is 2.41. The van der Waals surface area contributed by atoms with Gasteiger partial charge in [0.05, 0.1) is 11.4 Å². The van der Waals surface area contributed by atoms with E-state index >= 15 is 0 Å². The first kappa shape index (κ1) is 16.8. The Morgan fingerprint density at radius 1 is 1.11 bits per heavy atom. The molecule has 2 aromatic carbocycles. The largest absolute Gasteiger partial charge is 0.353 e. The number of aromatic amines is 1. The van der Waals surface area contributed by atoms with Crippen molar-refractivity contribution in [2.24, 2.45) is 0 Å². The van der Waals surface area contributed by atoms with Crippen LogP contribution in [0.4, 0.5) is 0 Å². The van der Waals surface area contributed by atoms with Gasteiger partial charge >= 0.3 is 0 Å². The summed E-state index contributed by atoms with van der Waals surface area (Å²) in [5, 5.41) is 4.09. The number of rotatable bonds is 2. The molecular formula is C23H21N3O2. The summed E-state index contributed by atoms with van der Waals surface area (Å²) in [6.07, 6.45) is 2.93. The summed E-state index contributed by atoms with van der Waals surface area (Å²) >= 11 is 0. The predicted octanol–water partition coefficient (Wildman–Crippen LogP) is 3.20. The average molecular weight is 371 g/mol. The number of hydrogen-bond donors (Lipinski definition) is 2. The molecular weight excluding hydrogens is 350 g/mol.